The van der Waals surface area contributed by atoms with Crippen molar-refractivity contribution >= 4 is 27.6 Å². The molecular weight excluding hydrogens is 506 g/mol. The Morgan fingerprint density at radius 1 is 1.15 bits per heavy atom. The molecule has 0 saturated carbocycles. The Kier molecular flexibility index (Phi) is 6.47. The summed E-state index contributed by atoms with van der Waals surface area (Å²) in [6.07, 6.45) is 0. The smallest absolute Gasteiger partial charge is 0.349 e. The summed E-state index contributed by atoms with van der Waals surface area (Å²) >= 11 is 3.52. The molecule has 3 aromatic carbocycles. The molecule has 1 aliphatic rings. The number of carbonyl (C=O) groups excluding carboxylic acids is 1. The van der Waals surface area contributed by atoms with Crippen LogP contribution in [0.3, 0.4) is 0 Å². The predicted octanol–water partition coefficient (Wildman–Crippen LogP) is 4.56. The van der Waals surface area contributed by atoms with Crippen molar-refractivity contribution in [3.8, 4) is 23.3 Å². The van der Waals surface area contributed by atoms with Crippen LogP contribution in [0.25, 0.3) is 0 Å². The highest BCUT2D eigenvalue weighted by atomic mass is 79.9. The molecule has 0 aromatic heterocycles. The van der Waals surface area contributed by atoms with E-state index in [0.29, 0.717) is 11.3 Å². The topological polar surface area (TPSA) is 138 Å². The summed E-state index contributed by atoms with van der Waals surface area (Å²) in [5, 5.41) is 20.8. The summed E-state index contributed by atoms with van der Waals surface area (Å²) in [7, 11) is 0. The molecule has 0 bridgehead atoms. The molecule has 0 saturated heterocycles. The number of esters is 1. The number of nitrogens with zero attached hydrogens (tertiary/aromatic N) is 2. The van der Waals surface area contributed by atoms with Crippen molar-refractivity contribution in [3.63, 3.8) is 0 Å². The zero-order valence-corrected chi connectivity index (χ0v) is 19.0. The van der Waals surface area contributed by atoms with E-state index in [1.165, 1.54) is 24.3 Å². The molecule has 1 unspecified atom stereocenters. The fourth-order valence-electron chi connectivity index (χ4n) is 3.56. The van der Waals surface area contributed by atoms with Crippen molar-refractivity contribution in [1.29, 1.82) is 5.26 Å². The number of rotatable bonds is 6. The zero-order chi connectivity index (χ0) is 24.2. The first-order valence-corrected chi connectivity index (χ1v) is 10.7. The van der Waals surface area contributed by atoms with E-state index in [1.807, 2.05) is 24.3 Å². The molecule has 170 valence electrons. The lowest BCUT2D eigenvalue weighted by atomic mass is 9.83. The first kappa shape index (κ1) is 22.8. The van der Waals surface area contributed by atoms with Gasteiger partial charge < -0.3 is 19.9 Å². The third-order valence-electron chi connectivity index (χ3n) is 5.05. The monoisotopic (exact) mass is 521 g/mol. The summed E-state index contributed by atoms with van der Waals surface area (Å²) < 4.78 is 17.0. The minimum absolute atomic E-state index is 0.0426. The second kappa shape index (κ2) is 9.64. The summed E-state index contributed by atoms with van der Waals surface area (Å²) in [5.74, 6) is -0.833. The number of benzene rings is 3. The molecule has 1 aliphatic heterocycles. The highest BCUT2D eigenvalue weighted by Gasteiger charge is 2.32. The van der Waals surface area contributed by atoms with E-state index in [2.05, 4.69) is 22.0 Å². The van der Waals surface area contributed by atoms with Crippen LogP contribution in [0.4, 0.5) is 5.69 Å². The minimum atomic E-state index is -0.766. The molecule has 0 fully saturated rings. The number of hydrogen-bond donors (Lipinski definition) is 1. The number of para-hydroxylation sites is 2. The van der Waals surface area contributed by atoms with Crippen molar-refractivity contribution in [3.05, 3.63) is 104 Å². The molecule has 0 aliphatic carbocycles. The molecule has 0 spiro atoms. The Labute approximate surface area is 202 Å². The third kappa shape index (κ3) is 4.55. The lowest BCUT2D eigenvalue weighted by Crippen LogP contribution is -2.22. The fraction of sp³-hybridized carbons (Fsp3) is 0.0833. The van der Waals surface area contributed by atoms with Crippen molar-refractivity contribution in [1.82, 2.24) is 0 Å². The summed E-state index contributed by atoms with van der Waals surface area (Å²) in [4.78, 5) is 22.8. The van der Waals surface area contributed by atoms with Gasteiger partial charge in [0, 0.05) is 22.2 Å². The molecule has 9 nitrogen and oxygen atoms in total. The van der Waals surface area contributed by atoms with Gasteiger partial charge in [0.2, 0.25) is 5.88 Å². The molecule has 34 heavy (non-hydrogen) atoms. The van der Waals surface area contributed by atoms with Crippen LogP contribution in [0.15, 0.2) is 82.7 Å². The number of fused-ring (bicyclic) bond motifs is 1. The standard InChI is InChI=1S/C24H16BrN3O6/c25-18-6-2-1-5-15(18)23-16-10-9-14(11-21(16)34-24(27)17(23)12-26)33-22(29)13-32-20-8-4-3-7-19(20)28(30)31/h1-11,23H,13,27H2. The van der Waals surface area contributed by atoms with Crippen molar-refractivity contribution in [2.45, 2.75) is 5.92 Å². The van der Waals surface area contributed by atoms with Gasteiger partial charge in [-0.15, -0.1) is 0 Å². The van der Waals surface area contributed by atoms with Gasteiger partial charge in [0.05, 0.1) is 10.8 Å². The van der Waals surface area contributed by atoms with Gasteiger partial charge in [-0.25, -0.2) is 4.79 Å². The predicted molar refractivity (Wildman–Crippen MR) is 124 cm³/mol. The van der Waals surface area contributed by atoms with Crippen LogP contribution in [0.2, 0.25) is 0 Å². The van der Waals surface area contributed by atoms with Gasteiger partial charge in [-0.05, 0) is 23.8 Å². The van der Waals surface area contributed by atoms with Crippen LogP contribution in [0, 0.1) is 21.4 Å². The molecule has 0 amide bonds. The molecule has 2 N–H and O–H groups in total. The fourth-order valence-corrected chi connectivity index (χ4v) is 4.07. The third-order valence-corrected chi connectivity index (χ3v) is 5.77. The van der Waals surface area contributed by atoms with E-state index >= 15 is 0 Å². The number of halogens is 1. The van der Waals surface area contributed by atoms with Gasteiger partial charge in [0.15, 0.2) is 12.4 Å². The largest absolute Gasteiger partial charge is 0.475 e. The van der Waals surface area contributed by atoms with Gasteiger partial charge >= 0.3 is 11.7 Å². The number of carbonyl (C=O) groups is 1. The van der Waals surface area contributed by atoms with Gasteiger partial charge in [0.1, 0.15) is 23.1 Å². The number of nitro groups is 1. The molecule has 3 aromatic rings. The number of ether oxygens (including phenoxy) is 3. The minimum Gasteiger partial charge on any atom is -0.475 e. The van der Waals surface area contributed by atoms with Crippen LogP contribution in [-0.4, -0.2) is 17.5 Å². The average molecular weight is 522 g/mol. The Morgan fingerprint density at radius 2 is 1.88 bits per heavy atom. The number of nitrogens with two attached hydrogens (primary N) is 1. The maximum atomic E-state index is 12.3. The second-order valence-electron chi connectivity index (χ2n) is 7.13. The van der Waals surface area contributed by atoms with Crippen molar-refractivity contribution in [2.24, 2.45) is 5.73 Å². The van der Waals surface area contributed by atoms with Gasteiger partial charge in [-0.3, -0.25) is 10.1 Å². The molecule has 1 atom stereocenters. The Balaban J connectivity index is 1.55. The Morgan fingerprint density at radius 3 is 2.62 bits per heavy atom. The van der Waals surface area contributed by atoms with Crippen LogP contribution < -0.4 is 19.9 Å². The highest BCUT2D eigenvalue weighted by Crippen LogP contribution is 2.45. The van der Waals surface area contributed by atoms with E-state index in [-0.39, 0.29) is 28.6 Å². The van der Waals surface area contributed by atoms with Crippen LogP contribution in [0.1, 0.15) is 17.0 Å². The number of hydrogen-bond acceptors (Lipinski definition) is 8. The quantitative estimate of drug-likeness (QED) is 0.215. The van der Waals surface area contributed by atoms with Crippen molar-refractivity contribution in [2.75, 3.05) is 6.61 Å². The number of allylic oxidation sites excluding steroid dienone is 1. The van der Waals surface area contributed by atoms with Crippen LogP contribution >= 0.6 is 15.9 Å². The zero-order valence-electron chi connectivity index (χ0n) is 17.4. The van der Waals surface area contributed by atoms with E-state index in [0.717, 1.165) is 10.0 Å². The van der Waals surface area contributed by atoms with E-state index in [1.54, 1.807) is 18.2 Å². The van der Waals surface area contributed by atoms with E-state index in [4.69, 9.17) is 19.9 Å². The summed E-state index contributed by atoms with van der Waals surface area (Å²) in [5.41, 5.74) is 7.53. The number of nitro benzene ring substituents is 1. The Hall–Kier alpha value is -4.36. The molecule has 4 rings (SSSR count). The average Bonchev–Trinajstić information content (AvgIpc) is 2.82. The molecule has 1 heterocycles. The molecular formula is C24H16BrN3O6. The van der Waals surface area contributed by atoms with E-state index < -0.39 is 23.4 Å². The first-order chi connectivity index (χ1) is 16.4. The van der Waals surface area contributed by atoms with Gasteiger partial charge in [-0.1, -0.05) is 52.3 Å². The van der Waals surface area contributed by atoms with E-state index in [9.17, 15) is 20.2 Å². The Bertz CT molecular complexity index is 1360. The van der Waals surface area contributed by atoms with Gasteiger partial charge in [-0.2, -0.15) is 5.26 Å². The normalized spacial score (nSPS) is 14.4. The maximum Gasteiger partial charge on any atom is 0.349 e. The second-order valence-corrected chi connectivity index (χ2v) is 7.99. The number of nitriles is 1. The van der Waals surface area contributed by atoms with Crippen molar-refractivity contribution < 1.29 is 23.9 Å². The molecule has 0 radical (unpaired) electrons. The summed E-state index contributed by atoms with van der Waals surface area (Å²) in [6.45, 7) is -0.539. The van der Waals surface area contributed by atoms with Crippen LogP contribution in [-0.2, 0) is 4.79 Å². The maximum absolute atomic E-state index is 12.3. The SMILES string of the molecule is N#CC1=C(N)Oc2cc(OC(=O)COc3ccccc3[N+](=O)[O-])ccc2C1c1ccccc1Br. The van der Waals surface area contributed by atoms with Gasteiger partial charge in [0.25, 0.3) is 0 Å². The lowest BCUT2D eigenvalue weighted by molar-refractivity contribution is -0.385. The first-order valence-electron chi connectivity index (χ1n) is 9.92. The summed E-state index contributed by atoms with van der Waals surface area (Å²) in [6, 6.07) is 20.0. The molecule has 10 heteroatoms. The lowest BCUT2D eigenvalue weighted by Gasteiger charge is -2.27. The highest BCUT2D eigenvalue weighted by molar-refractivity contribution is 9.10. The van der Waals surface area contributed by atoms with Crippen LogP contribution in [0.5, 0.6) is 17.2 Å².